The summed E-state index contributed by atoms with van der Waals surface area (Å²) in [6.45, 7) is 1.98. The van der Waals surface area contributed by atoms with E-state index in [1.165, 1.54) is 12.3 Å². The quantitative estimate of drug-likeness (QED) is 0.715. The molecule has 0 radical (unpaired) electrons. The fourth-order valence-corrected chi connectivity index (χ4v) is 4.21. The molecule has 3 aliphatic heterocycles. The number of fused-ring (bicyclic) bond motifs is 1. The molecule has 0 spiro atoms. The second-order valence-electron chi connectivity index (χ2n) is 6.96. The summed E-state index contributed by atoms with van der Waals surface area (Å²) in [4.78, 5) is 39.9. The number of carbonyl (C=O) groups is 2. The predicted molar refractivity (Wildman–Crippen MR) is 89.0 cm³/mol. The molecule has 0 aromatic carbocycles. The number of nitrogens with one attached hydrogen (secondary N) is 3. The molecule has 3 saturated heterocycles. The lowest BCUT2D eigenvalue weighted by Crippen LogP contribution is -2.62. The van der Waals surface area contributed by atoms with E-state index >= 15 is 0 Å². The van der Waals surface area contributed by atoms with Crippen LogP contribution in [-0.4, -0.2) is 53.8 Å². The Morgan fingerprint density at radius 2 is 1.92 bits per heavy atom. The Hall–Kier alpha value is -2.35. The number of aromatic nitrogens is 1. The van der Waals surface area contributed by atoms with Gasteiger partial charge in [0.05, 0.1) is 5.56 Å². The Morgan fingerprint density at radius 3 is 2.64 bits per heavy atom. The van der Waals surface area contributed by atoms with Crippen molar-refractivity contribution >= 4 is 11.9 Å². The normalized spacial score (nSPS) is 29.7. The number of nitrogens with zero attached hydrogens (tertiary/aromatic N) is 1. The number of aromatic amines is 1. The predicted octanol–water partition coefficient (Wildman–Crippen LogP) is 0.271. The molecule has 8 heteroatoms. The van der Waals surface area contributed by atoms with Gasteiger partial charge < -0.3 is 25.3 Å². The zero-order valence-electron chi connectivity index (χ0n) is 13.9. The van der Waals surface area contributed by atoms with Gasteiger partial charge in [-0.2, -0.15) is 0 Å². The molecule has 1 aromatic heterocycles. The third kappa shape index (κ3) is 3.13. The summed E-state index contributed by atoms with van der Waals surface area (Å²) in [5.74, 6) is 0.579. The molecule has 1 aromatic rings. The summed E-state index contributed by atoms with van der Waals surface area (Å²) >= 11 is 0. The van der Waals surface area contributed by atoms with E-state index in [-0.39, 0.29) is 29.8 Å². The standard InChI is InChI=1S/C17H22N4O4/c22-13-2-1-11(9-18-13)16(23)21-6-3-10(4-7-21)14-12-5-8-25-15(12)20-17(24)19-14/h1-2,9-10,12,14-15H,3-8H2,(H,18,22)(H2,19,20,24)/t12-,14-,15-/m0/s1. The van der Waals surface area contributed by atoms with Gasteiger partial charge in [0.15, 0.2) is 0 Å². The maximum Gasteiger partial charge on any atom is 0.317 e. The molecular formula is C17H22N4O4. The largest absolute Gasteiger partial charge is 0.358 e. The number of pyridine rings is 1. The minimum atomic E-state index is -0.217. The lowest BCUT2D eigenvalue weighted by Gasteiger charge is -2.42. The van der Waals surface area contributed by atoms with Gasteiger partial charge >= 0.3 is 6.03 Å². The van der Waals surface area contributed by atoms with Crippen LogP contribution in [0.4, 0.5) is 4.79 Å². The van der Waals surface area contributed by atoms with E-state index in [4.69, 9.17) is 4.74 Å². The van der Waals surface area contributed by atoms with Crippen molar-refractivity contribution in [3.63, 3.8) is 0 Å². The van der Waals surface area contributed by atoms with Gasteiger partial charge in [0.1, 0.15) is 6.23 Å². The van der Waals surface area contributed by atoms with Crippen molar-refractivity contribution in [2.24, 2.45) is 11.8 Å². The Bertz CT molecular complexity index is 705. The minimum absolute atomic E-state index is 0.0638. The molecule has 0 aliphatic carbocycles. The van der Waals surface area contributed by atoms with Crippen molar-refractivity contribution in [2.75, 3.05) is 19.7 Å². The first-order chi connectivity index (χ1) is 12.1. The van der Waals surface area contributed by atoms with Gasteiger partial charge in [0.2, 0.25) is 5.56 Å². The Morgan fingerprint density at radius 1 is 1.12 bits per heavy atom. The molecule has 8 nitrogen and oxygen atoms in total. The van der Waals surface area contributed by atoms with E-state index in [1.54, 1.807) is 6.07 Å². The Kier molecular flexibility index (Phi) is 4.20. The maximum atomic E-state index is 12.5. The van der Waals surface area contributed by atoms with Gasteiger partial charge in [-0.05, 0) is 31.2 Å². The molecule has 3 amide bonds. The number of ether oxygens (including phenoxy) is 1. The lowest BCUT2D eigenvalue weighted by molar-refractivity contribution is 0.0299. The van der Waals surface area contributed by atoms with Crippen molar-refractivity contribution < 1.29 is 14.3 Å². The number of likely N-dealkylation sites (tertiary alicyclic amines) is 1. The maximum absolute atomic E-state index is 12.5. The zero-order valence-corrected chi connectivity index (χ0v) is 13.9. The van der Waals surface area contributed by atoms with Gasteiger partial charge in [-0.3, -0.25) is 9.59 Å². The number of urea groups is 1. The van der Waals surface area contributed by atoms with Crippen LogP contribution in [0.25, 0.3) is 0 Å². The van der Waals surface area contributed by atoms with E-state index in [0.717, 1.165) is 19.3 Å². The molecule has 3 fully saturated rings. The van der Waals surface area contributed by atoms with Crippen molar-refractivity contribution in [2.45, 2.75) is 31.5 Å². The highest BCUT2D eigenvalue weighted by atomic mass is 16.5. The van der Waals surface area contributed by atoms with Gasteiger partial charge in [-0.25, -0.2) is 4.79 Å². The number of rotatable bonds is 2. The third-order valence-corrected chi connectivity index (χ3v) is 5.54. The Balaban J connectivity index is 1.39. The SMILES string of the molecule is O=C1N[C@H]2OCC[C@H]2[C@H](C2CCN(C(=O)c3ccc(=O)[nH]c3)CC2)N1. The molecule has 0 unspecified atom stereocenters. The summed E-state index contributed by atoms with van der Waals surface area (Å²) in [6, 6.07) is 2.86. The smallest absolute Gasteiger partial charge is 0.317 e. The molecule has 3 atom stereocenters. The average molecular weight is 346 g/mol. The Labute approximate surface area is 144 Å². The van der Waals surface area contributed by atoms with Crippen LogP contribution in [0.1, 0.15) is 29.6 Å². The van der Waals surface area contributed by atoms with Crippen molar-refractivity contribution in [3.05, 3.63) is 34.2 Å². The van der Waals surface area contributed by atoms with Gasteiger partial charge in [-0.1, -0.05) is 0 Å². The average Bonchev–Trinajstić information content (AvgIpc) is 3.09. The molecule has 134 valence electrons. The van der Waals surface area contributed by atoms with Crippen LogP contribution in [0.15, 0.2) is 23.1 Å². The highest BCUT2D eigenvalue weighted by Crippen LogP contribution is 2.33. The van der Waals surface area contributed by atoms with Gasteiger partial charge in [0, 0.05) is 43.9 Å². The number of carbonyl (C=O) groups excluding carboxylic acids is 2. The molecule has 3 aliphatic rings. The van der Waals surface area contributed by atoms with Crippen LogP contribution in [-0.2, 0) is 4.74 Å². The molecule has 3 N–H and O–H groups in total. The number of piperidine rings is 1. The summed E-state index contributed by atoms with van der Waals surface area (Å²) in [5, 5.41) is 5.90. The first-order valence-corrected chi connectivity index (χ1v) is 8.78. The highest BCUT2D eigenvalue weighted by molar-refractivity contribution is 5.93. The van der Waals surface area contributed by atoms with Gasteiger partial charge in [-0.15, -0.1) is 0 Å². The molecule has 0 bridgehead atoms. The second-order valence-corrected chi connectivity index (χ2v) is 6.96. The van der Waals surface area contributed by atoms with E-state index < -0.39 is 0 Å². The summed E-state index contributed by atoms with van der Waals surface area (Å²) in [6.07, 6.45) is 3.93. The van der Waals surface area contributed by atoms with Crippen LogP contribution in [0, 0.1) is 11.8 Å². The molecule has 0 saturated carbocycles. The molecule has 4 heterocycles. The van der Waals surface area contributed by atoms with E-state index in [2.05, 4.69) is 15.6 Å². The number of amides is 3. The fourth-order valence-electron chi connectivity index (χ4n) is 4.21. The van der Waals surface area contributed by atoms with E-state index in [9.17, 15) is 14.4 Å². The number of hydrogen-bond acceptors (Lipinski definition) is 4. The topological polar surface area (TPSA) is 104 Å². The fraction of sp³-hybridized carbons (Fsp3) is 0.588. The summed E-state index contributed by atoms with van der Waals surface area (Å²) in [5.41, 5.74) is 0.280. The van der Waals surface area contributed by atoms with Crippen LogP contribution in [0.3, 0.4) is 0 Å². The van der Waals surface area contributed by atoms with Crippen LogP contribution >= 0.6 is 0 Å². The number of hydrogen-bond donors (Lipinski definition) is 3. The highest BCUT2D eigenvalue weighted by Gasteiger charge is 2.44. The summed E-state index contributed by atoms with van der Waals surface area (Å²) < 4.78 is 5.61. The van der Waals surface area contributed by atoms with Crippen LogP contribution in [0.5, 0.6) is 0 Å². The van der Waals surface area contributed by atoms with Gasteiger partial charge in [0.25, 0.3) is 5.91 Å². The van der Waals surface area contributed by atoms with E-state index in [1.807, 2.05) is 4.90 Å². The lowest BCUT2D eigenvalue weighted by atomic mass is 9.79. The first-order valence-electron chi connectivity index (χ1n) is 8.78. The monoisotopic (exact) mass is 346 g/mol. The number of H-pyrrole nitrogens is 1. The van der Waals surface area contributed by atoms with Crippen LogP contribution < -0.4 is 16.2 Å². The summed E-state index contributed by atoms with van der Waals surface area (Å²) in [7, 11) is 0. The van der Waals surface area contributed by atoms with Crippen LogP contribution in [0.2, 0.25) is 0 Å². The van der Waals surface area contributed by atoms with Crippen molar-refractivity contribution in [1.29, 1.82) is 0 Å². The second kappa shape index (κ2) is 6.51. The molecule has 4 rings (SSSR count). The third-order valence-electron chi connectivity index (χ3n) is 5.54. The first kappa shape index (κ1) is 16.1. The van der Waals surface area contributed by atoms with Crippen molar-refractivity contribution in [3.8, 4) is 0 Å². The molecular weight excluding hydrogens is 324 g/mol. The minimum Gasteiger partial charge on any atom is -0.358 e. The zero-order chi connectivity index (χ0) is 17.4. The molecule has 25 heavy (non-hydrogen) atoms. The van der Waals surface area contributed by atoms with Crippen molar-refractivity contribution in [1.82, 2.24) is 20.5 Å². The van der Waals surface area contributed by atoms with E-state index in [0.29, 0.717) is 37.1 Å².